The monoisotopic (exact) mass is 467 g/mol. The van der Waals surface area contributed by atoms with Crippen molar-refractivity contribution in [2.45, 2.75) is 20.4 Å². The van der Waals surface area contributed by atoms with Gasteiger partial charge in [0.15, 0.2) is 0 Å². The van der Waals surface area contributed by atoms with E-state index in [9.17, 15) is 9.59 Å². The van der Waals surface area contributed by atoms with Crippen molar-refractivity contribution in [2.75, 3.05) is 31.5 Å². The van der Waals surface area contributed by atoms with Crippen LogP contribution in [0, 0.1) is 13.8 Å². The van der Waals surface area contributed by atoms with E-state index in [1.807, 2.05) is 35.2 Å². The van der Waals surface area contributed by atoms with Gasteiger partial charge in [-0.1, -0.05) is 30.3 Å². The molecule has 7 nitrogen and oxygen atoms in total. The normalized spacial score (nSPS) is 14.3. The molecule has 178 valence electrons. The van der Waals surface area contributed by atoms with Crippen molar-refractivity contribution >= 4 is 23.1 Å². The number of hydrogen-bond donors (Lipinski definition) is 1. The third-order valence-electron chi connectivity index (χ3n) is 6.56. The molecule has 5 rings (SSSR count). The van der Waals surface area contributed by atoms with Crippen LogP contribution in [0.1, 0.15) is 37.7 Å². The summed E-state index contributed by atoms with van der Waals surface area (Å²) in [5.41, 5.74) is 6.00. The van der Waals surface area contributed by atoms with Crippen LogP contribution in [0.5, 0.6) is 0 Å². The minimum absolute atomic E-state index is 0.0601. The van der Waals surface area contributed by atoms with E-state index < -0.39 is 0 Å². The number of pyridine rings is 1. The molecule has 1 saturated heterocycles. The largest absolute Gasteiger partial charge is 0.336 e. The highest BCUT2D eigenvalue weighted by Crippen LogP contribution is 2.21. The lowest BCUT2D eigenvalue weighted by atomic mass is 10.1. The van der Waals surface area contributed by atoms with Crippen LogP contribution < -0.4 is 5.32 Å². The van der Waals surface area contributed by atoms with Crippen LogP contribution in [0.4, 0.5) is 5.69 Å². The molecule has 1 N–H and O–H groups in total. The smallest absolute Gasteiger partial charge is 0.256 e. The zero-order valence-electron chi connectivity index (χ0n) is 20.1. The fourth-order valence-corrected chi connectivity index (χ4v) is 4.56. The van der Waals surface area contributed by atoms with Gasteiger partial charge in [-0.05, 0) is 55.8 Å². The number of amides is 2. The molecular formula is C28H29N5O2. The van der Waals surface area contributed by atoms with Crippen molar-refractivity contribution in [1.82, 2.24) is 19.2 Å². The number of imidazole rings is 1. The van der Waals surface area contributed by atoms with Gasteiger partial charge in [0.1, 0.15) is 5.65 Å². The van der Waals surface area contributed by atoms with Crippen LogP contribution in [-0.2, 0) is 6.54 Å². The molecular weight excluding hydrogens is 438 g/mol. The Morgan fingerprint density at radius 2 is 1.63 bits per heavy atom. The molecule has 0 atom stereocenters. The molecule has 2 aromatic heterocycles. The second-order valence-electron chi connectivity index (χ2n) is 9.01. The molecule has 7 heteroatoms. The van der Waals surface area contributed by atoms with Gasteiger partial charge in [-0.25, -0.2) is 4.98 Å². The number of nitrogens with one attached hydrogen (secondary N) is 1. The molecule has 0 saturated carbocycles. The van der Waals surface area contributed by atoms with Crippen LogP contribution in [0.3, 0.4) is 0 Å². The van der Waals surface area contributed by atoms with E-state index in [2.05, 4.69) is 46.8 Å². The van der Waals surface area contributed by atoms with E-state index in [-0.39, 0.29) is 11.8 Å². The summed E-state index contributed by atoms with van der Waals surface area (Å²) in [7, 11) is 0. The third-order valence-corrected chi connectivity index (χ3v) is 6.56. The molecule has 2 aromatic carbocycles. The lowest BCUT2D eigenvalue weighted by Gasteiger charge is -2.35. The van der Waals surface area contributed by atoms with Gasteiger partial charge in [-0.3, -0.25) is 14.5 Å². The first-order chi connectivity index (χ1) is 17.0. The Labute approximate surface area is 205 Å². The fraction of sp³-hybridized carbons (Fsp3) is 0.250. The molecule has 0 bridgehead atoms. The molecule has 4 aromatic rings. The Kier molecular flexibility index (Phi) is 6.33. The molecule has 1 aliphatic heterocycles. The second-order valence-corrected chi connectivity index (χ2v) is 9.01. The number of fused-ring (bicyclic) bond motifs is 1. The second kappa shape index (κ2) is 9.72. The number of anilines is 1. The van der Waals surface area contributed by atoms with Gasteiger partial charge < -0.3 is 14.6 Å². The standard InChI is InChI=1S/C28H29N5O2/c1-20-12-13-33-25(21(2)29-26(33)18-20)19-31-14-16-32(17-15-31)28(35)23-10-6-7-11-24(23)30-27(34)22-8-4-3-5-9-22/h3-13,18H,14-17,19H2,1-2H3,(H,30,34). The van der Waals surface area contributed by atoms with Crippen LogP contribution in [0.15, 0.2) is 72.9 Å². The van der Waals surface area contributed by atoms with Gasteiger partial charge in [-0.15, -0.1) is 0 Å². The van der Waals surface area contributed by atoms with Crippen LogP contribution in [0.25, 0.3) is 5.65 Å². The van der Waals surface area contributed by atoms with Gasteiger partial charge in [0.2, 0.25) is 0 Å². The molecule has 2 amide bonds. The van der Waals surface area contributed by atoms with Crippen molar-refractivity contribution in [1.29, 1.82) is 0 Å². The van der Waals surface area contributed by atoms with Gasteiger partial charge in [0.05, 0.1) is 22.6 Å². The van der Waals surface area contributed by atoms with Crippen LogP contribution in [-0.4, -0.2) is 57.2 Å². The molecule has 1 fully saturated rings. The Hall–Kier alpha value is -3.97. The zero-order valence-corrected chi connectivity index (χ0v) is 20.1. The average Bonchev–Trinajstić information content (AvgIpc) is 3.18. The van der Waals surface area contributed by atoms with Crippen molar-refractivity contribution in [2.24, 2.45) is 0 Å². The number of carbonyl (C=O) groups excluding carboxylic acids is 2. The molecule has 0 aliphatic carbocycles. The van der Waals surface area contributed by atoms with Gasteiger partial charge >= 0.3 is 0 Å². The fourth-order valence-electron chi connectivity index (χ4n) is 4.56. The predicted octanol–water partition coefficient (Wildman–Crippen LogP) is 4.16. The first-order valence-electron chi connectivity index (χ1n) is 11.9. The predicted molar refractivity (Wildman–Crippen MR) is 137 cm³/mol. The SMILES string of the molecule is Cc1ccn2c(CN3CCN(C(=O)c4ccccc4NC(=O)c4ccccc4)CC3)c(C)nc2c1. The summed E-state index contributed by atoms with van der Waals surface area (Å²) in [6.07, 6.45) is 2.08. The number of aryl methyl sites for hydroxylation is 2. The van der Waals surface area contributed by atoms with Crippen molar-refractivity contribution < 1.29 is 9.59 Å². The van der Waals surface area contributed by atoms with E-state index in [1.54, 1.807) is 24.3 Å². The Balaban J connectivity index is 1.25. The average molecular weight is 468 g/mol. The van der Waals surface area contributed by atoms with E-state index >= 15 is 0 Å². The topological polar surface area (TPSA) is 70.0 Å². The highest BCUT2D eigenvalue weighted by Gasteiger charge is 2.25. The minimum Gasteiger partial charge on any atom is -0.336 e. The number of benzene rings is 2. The number of hydrogen-bond acceptors (Lipinski definition) is 4. The van der Waals surface area contributed by atoms with E-state index in [4.69, 9.17) is 4.98 Å². The maximum atomic E-state index is 13.4. The summed E-state index contributed by atoms with van der Waals surface area (Å²) in [6.45, 7) is 7.75. The summed E-state index contributed by atoms with van der Waals surface area (Å²) in [5.74, 6) is -0.288. The number of aromatic nitrogens is 2. The van der Waals surface area contributed by atoms with Crippen LogP contribution in [0.2, 0.25) is 0 Å². The number of piperazine rings is 1. The quantitative estimate of drug-likeness (QED) is 0.479. The van der Waals surface area contributed by atoms with Crippen molar-refractivity contribution in [3.05, 3.63) is 101 Å². The number of rotatable bonds is 5. The minimum atomic E-state index is -0.228. The van der Waals surface area contributed by atoms with Crippen LogP contribution >= 0.6 is 0 Å². The molecule has 0 unspecified atom stereocenters. The highest BCUT2D eigenvalue weighted by molar-refractivity contribution is 6.09. The van der Waals surface area contributed by atoms with E-state index in [1.165, 1.54) is 11.3 Å². The van der Waals surface area contributed by atoms with Gasteiger partial charge in [0.25, 0.3) is 11.8 Å². The number of nitrogens with zero attached hydrogens (tertiary/aromatic N) is 4. The maximum Gasteiger partial charge on any atom is 0.256 e. The lowest BCUT2D eigenvalue weighted by molar-refractivity contribution is 0.0627. The number of para-hydroxylation sites is 1. The summed E-state index contributed by atoms with van der Waals surface area (Å²) in [4.78, 5) is 35.0. The summed E-state index contributed by atoms with van der Waals surface area (Å²) in [5, 5.41) is 2.91. The van der Waals surface area contributed by atoms with E-state index in [0.29, 0.717) is 29.9 Å². The van der Waals surface area contributed by atoms with Crippen molar-refractivity contribution in [3.63, 3.8) is 0 Å². The van der Waals surface area contributed by atoms with Gasteiger partial charge in [0, 0.05) is 44.5 Å². The first-order valence-corrected chi connectivity index (χ1v) is 11.9. The van der Waals surface area contributed by atoms with Crippen molar-refractivity contribution in [3.8, 4) is 0 Å². The molecule has 1 aliphatic rings. The van der Waals surface area contributed by atoms with Gasteiger partial charge in [-0.2, -0.15) is 0 Å². The molecule has 0 radical (unpaired) electrons. The molecule has 3 heterocycles. The highest BCUT2D eigenvalue weighted by atomic mass is 16.2. The summed E-state index contributed by atoms with van der Waals surface area (Å²) < 4.78 is 2.16. The Bertz CT molecular complexity index is 1370. The third kappa shape index (κ3) is 4.81. The molecule has 0 spiro atoms. The Morgan fingerprint density at radius 1 is 0.914 bits per heavy atom. The zero-order chi connectivity index (χ0) is 24.4. The lowest BCUT2D eigenvalue weighted by Crippen LogP contribution is -2.48. The Morgan fingerprint density at radius 3 is 2.40 bits per heavy atom. The summed E-state index contributed by atoms with van der Waals surface area (Å²) >= 11 is 0. The summed E-state index contributed by atoms with van der Waals surface area (Å²) in [6, 6.07) is 20.4. The maximum absolute atomic E-state index is 13.4. The molecule has 35 heavy (non-hydrogen) atoms. The van der Waals surface area contributed by atoms with E-state index in [0.717, 1.165) is 31.0 Å². The first kappa shape index (κ1) is 22.8. The number of carbonyl (C=O) groups is 2.